The van der Waals surface area contributed by atoms with Crippen LogP contribution in [0, 0.1) is 0 Å². The van der Waals surface area contributed by atoms with Gasteiger partial charge >= 0.3 is 0 Å². The van der Waals surface area contributed by atoms with Gasteiger partial charge in [-0.15, -0.1) is 11.3 Å². The zero-order valence-electron chi connectivity index (χ0n) is 12.7. The number of nitrogens with zero attached hydrogens (tertiary/aromatic N) is 1. The third-order valence-corrected chi connectivity index (χ3v) is 4.81. The average Bonchev–Trinajstić information content (AvgIpc) is 2.92. The van der Waals surface area contributed by atoms with Crippen molar-refractivity contribution in [1.82, 2.24) is 10.2 Å². The van der Waals surface area contributed by atoms with Gasteiger partial charge in [0.15, 0.2) is 0 Å². The van der Waals surface area contributed by atoms with Crippen LogP contribution in [0.4, 0.5) is 0 Å². The minimum absolute atomic E-state index is 0.0920. The molecule has 0 aliphatic carbocycles. The van der Waals surface area contributed by atoms with Gasteiger partial charge in [-0.2, -0.15) is 0 Å². The topological polar surface area (TPSA) is 61.8 Å². The number of amides is 1. The number of hydrogen-bond donors (Lipinski definition) is 2. The summed E-state index contributed by atoms with van der Waals surface area (Å²) in [6.45, 7) is 4.41. The van der Waals surface area contributed by atoms with Crippen LogP contribution in [0.15, 0.2) is 11.4 Å². The molecule has 2 N–H and O–H groups in total. The van der Waals surface area contributed by atoms with Crippen molar-refractivity contribution in [2.24, 2.45) is 0 Å². The molecular formula is C15H24N2O3S. The van der Waals surface area contributed by atoms with Crippen molar-refractivity contribution in [1.29, 1.82) is 0 Å². The maximum absolute atomic E-state index is 12.2. The number of methoxy groups -OCH3 is 1. The molecule has 6 heteroatoms. The van der Waals surface area contributed by atoms with E-state index in [-0.39, 0.29) is 12.5 Å². The standard InChI is InChI=1S/C15H24N2O3S/c1-15(19,5-7-20-2)11-16-9-14(18)17-6-3-13-12(10-17)4-8-21-13/h4,8,16,19H,3,5-7,9-11H2,1-2H3. The predicted octanol–water partition coefficient (Wildman–Crippen LogP) is 1.01. The number of ether oxygens (including phenoxy) is 1. The van der Waals surface area contributed by atoms with Crippen molar-refractivity contribution in [2.45, 2.75) is 31.9 Å². The number of carbonyl (C=O) groups is 1. The van der Waals surface area contributed by atoms with Crippen LogP contribution in [0.25, 0.3) is 0 Å². The molecule has 1 aromatic heterocycles. The Bertz CT molecular complexity index is 473. The van der Waals surface area contributed by atoms with E-state index in [4.69, 9.17) is 4.74 Å². The molecule has 1 aromatic rings. The summed E-state index contributed by atoms with van der Waals surface area (Å²) in [6, 6.07) is 2.10. The molecule has 0 bridgehead atoms. The normalized spacial score (nSPS) is 17.4. The predicted molar refractivity (Wildman–Crippen MR) is 83.4 cm³/mol. The van der Waals surface area contributed by atoms with E-state index < -0.39 is 5.60 Å². The van der Waals surface area contributed by atoms with E-state index >= 15 is 0 Å². The Morgan fingerprint density at radius 3 is 3.19 bits per heavy atom. The van der Waals surface area contributed by atoms with Gasteiger partial charge in [-0.05, 0) is 30.4 Å². The van der Waals surface area contributed by atoms with E-state index in [0.29, 0.717) is 26.1 Å². The van der Waals surface area contributed by atoms with Crippen molar-refractivity contribution in [3.8, 4) is 0 Å². The molecule has 1 amide bonds. The maximum Gasteiger partial charge on any atom is 0.236 e. The lowest BCUT2D eigenvalue weighted by Crippen LogP contribution is -2.45. The number of hydrogen-bond acceptors (Lipinski definition) is 5. The van der Waals surface area contributed by atoms with E-state index in [2.05, 4.69) is 16.8 Å². The summed E-state index contributed by atoms with van der Waals surface area (Å²) in [4.78, 5) is 15.5. The Balaban J connectivity index is 1.73. The molecule has 0 fully saturated rings. The number of carbonyl (C=O) groups excluding carboxylic acids is 1. The molecule has 1 atom stereocenters. The summed E-state index contributed by atoms with van der Waals surface area (Å²) in [5.41, 5.74) is 0.422. The maximum atomic E-state index is 12.2. The minimum atomic E-state index is -0.848. The third-order valence-electron chi connectivity index (χ3n) is 3.79. The summed E-state index contributed by atoms with van der Waals surface area (Å²) < 4.78 is 4.96. The first-order valence-electron chi connectivity index (χ1n) is 7.27. The molecule has 118 valence electrons. The Hall–Kier alpha value is -0.950. The second-order valence-corrected chi connectivity index (χ2v) is 6.78. The first-order chi connectivity index (χ1) is 10.0. The molecule has 0 aromatic carbocycles. The van der Waals surface area contributed by atoms with Gasteiger partial charge < -0.3 is 20.1 Å². The molecule has 0 saturated carbocycles. The van der Waals surface area contributed by atoms with Gasteiger partial charge in [0.25, 0.3) is 0 Å². The van der Waals surface area contributed by atoms with Crippen LogP contribution < -0.4 is 5.32 Å². The van der Waals surface area contributed by atoms with E-state index in [9.17, 15) is 9.90 Å². The molecule has 5 nitrogen and oxygen atoms in total. The SMILES string of the molecule is COCCC(C)(O)CNCC(=O)N1CCc2sccc2C1. The van der Waals surface area contributed by atoms with Crippen LogP contribution in [0.2, 0.25) is 0 Å². The Kier molecular flexibility index (Phi) is 5.75. The molecule has 0 radical (unpaired) electrons. The zero-order chi connectivity index (χ0) is 15.3. The molecule has 2 rings (SSSR count). The fourth-order valence-electron chi connectivity index (χ4n) is 2.42. The number of aliphatic hydroxyl groups is 1. The van der Waals surface area contributed by atoms with Crippen molar-refractivity contribution < 1.29 is 14.6 Å². The molecule has 2 heterocycles. The first kappa shape index (κ1) is 16.4. The number of thiophene rings is 1. The summed E-state index contributed by atoms with van der Waals surface area (Å²) in [5.74, 6) is 0.0920. The summed E-state index contributed by atoms with van der Waals surface area (Å²) in [6.07, 6.45) is 1.50. The van der Waals surface area contributed by atoms with E-state index in [1.807, 2.05) is 4.90 Å². The lowest BCUT2D eigenvalue weighted by atomic mass is 10.0. The largest absolute Gasteiger partial charge is 0.389 e. The highest BCUT2D eigenvalue weighted by Gasteiger charge is 2.23. The van der Waals surface area contributed by atoms with Crippen LogP contribution >= 0.6 is 11.3 Å². The van der Waals surface area contributed by atoms with Gasteiger partial charge in [0.1, 0.15) is 0 Å². The fourth-order valence-corrected chi connectivity index (χ4v) is 3.31. The van der Waals surface area contributed by atoms with Crippen LogP contribution in [0.3, 0.4) is 0 Å². The molecule has 21 heavy (non-hydrogen) atoms. The van der Waals surface area contributed by atoms with Crippen molar-refractivity contribution in [3.05, 3.63) is 21.9 Å². The highest BCUT2D eigenvalue weighted by atomic mass is 32.1. The number of fused-ring (bicyclic) bond motifs is 1. The lowest BCUT2D eigenvalue weighted by molar-refractivity contribution is -0.131. The highest BCUT2D eigenvalue weighted by molar-refractivity contribution is 7.10. The summed E-state index contributed by atoms with van der Waals surface area (Å²) in [7, 11) is 1.61. The molecule has 1 aliphatic heterocycles. The zero-order valence-corrected chi connectivity index (χ0v) is 13.5. The molecule has 0 saturated heterocycles. The van der Waals surface area contributed by atoms with Gasteiger partial charge in [-0.25, -0.2) is 0 Å². The van der Waals surface area contributed by atoms with Gasteiger partial charge in [-0.1, -0.05) is 0 Å². The summed E-state index contributed by atoms with van der Waals surface area (Å²) in [5, 5.41) is 15.2. The molecule has 0 spiro atoms. The van der Waals surface area contributed by atoms with Crippen molar-refractivity contribution in [2.75, 3.05) is 33.4 Å². The van der Waals surface area contributed by atoms with Crippen molar-refractivity contribution >= 4 is 17.2 Å². The van der Waals surface area contributed by atoms with Gasteiger partial charge in [-0.3, -0.25) is 4.79 Å². The quantitative estimate of drug-likeness (QED) is 0.789. The Morgan fingerprint density at radius 1 is 1.62 bits per heavy atom. The van der Waals surface area contributed by atoms with Crippen molar-refractivity contribution in [3.63, 3.8) is 0 Å². The Labute approximate surface area is 129 Å². The monoisotopic (exact) mass is 312 g/mol. The first-order valence-corrected chi connectivity index (χ1v) is 8.15. The highest BCUT2D eigenvalue weighted by Crippen LogP contribution is 2.23. The number of rotatable bonds is 7. The minimum Gasteiger partial charge on any atom is -0.389 e. The molecule has 1 aliphatic rings. The molecule has 1 unspecified atom stereocenters. The second kappa shape index (κ2) is 7.35. The Morgan fingerprint density at radius 2 is 2.43 bits per heavy atom. The van der Waals surface area contributed by atoms with E-state index in [1.54, 1.807) is 25.4 Å². The van der Waals surface area contributed by atoms with Crippen LogP contribution in [-0.2, 0) is 22.5 Å². The van der Waals surface area contributed by atoms with E-state index in [1.165, 1.54) is 10.4 Å². The number of nitrogens with one attached hydrogen (secondary N) is 1. The summed E-state index contributed by atoms with van der Waals surface area (Å²) >= 11 is 1.77. The van der Waals surface area contributed by atoms with Crippen LogP contribution in [0.1, 0.15) is 23.8 Å². The van der Waals surface area contributed by atoms with Gasteiger partial charge in [0.2, 0.25) is 5.91 Å². The third kappa shape index (κ3) is 4.78. The fraction of sp³-hybridized carbons (Fsp3) is 0.667. The molecular weight excluding hydrogens is 288 g/mol. The van der Waals surface area contributed by atoms with Gasteiger partial charge in [0, 0.05) is 44.6 Å². The van der Waals surface area contributed by atoms with Gasteiger partial charge in [0.05, 0.1) is 12.1 Å². The smallest absolute Gasteiger partial charge is 0.236 e. The van der Waals surface area contributed by atoms with Crippen LogP contribution in [0.5, 0.6) is 0 Å². The second-order valence-electron chi connectivity index (χ2n) is 5.78. The van der Waals surface area contributed by atoms with E-state index in [0.717, 1.165) is 13.0 Å². The lowest BCUT2D eigenvalue weighted by Gasteiger charge is -2.28. The van der Waals surface area contributed by atoms with Crippen LogP contribution in [-0.4, -0.2) is 54.9 Å². The average molecular weight is 312 g/mol.